The maximum atomic E-state index is 10.4. The van der Waals surface area contributed by atoms with Crippen LogP contribution in [0.1, 0.15) is 32.6 Å². The molecule has 1 unspecified atom stereocenters. The van der Waals surface area contributed by atoms with Crippen LogP contribution in [0.15, 0.2) is 0 Å². The molecule has 5 heteroatoms. The Kier molecular flexibility index (Phi) is 12.3. The topological polar surface area (TPSA) is 67.8 Å². The molecule has 0 bridgehead atoms. The molecular weight excluding hydrogens is 234 g/mol. The number of hydrogen-bond acceptors (Lipinski definition) is 4. The summed E-state index contributed by atoms with van der Waals surface area (Å²) in [6.45, 7) is 6.05. The second-order valence-electron chi connectivity index (χ2n) is 4.53. The van der Waals surface area contributed by atoms with Crippen LogP contribution in [-0.4, -0.2) is 51.1 Å². The molecule has 0 heterocycles. The lowest BCUT2D eigenvalue weighted by Gasteiger charge is -2.10. The number of ether oxygens (including phenoxy) is 2. The molecule has 1 atom stereocenters. The molecule has 0 aliphatic heterocycles. The van der Waals surface area contributed by atoms with E-state index in [-0.39, 0.29) is 6.42 Å². The van der Waals surface area contributed by atoms with Crippen molar-refractivity contribution in [3.8, 4) is 0 Å². The minimum Gasteiger partial charge on any atom is -0.481 e. The number of methoxy groups -OCH3 is 1. The van der Waals surface area contributed by atoms with Crippen LogP contribution in [0.25, 0.3) is 0 Å². The fraction of sp³-hybridized carbons (Fsp3) is 0.923. The van der Waals surface area contributed by atoms with Gasteiger partial charge in [0, 0.05) is 33.3 Å². The van der Waals surface area contributed by atoms with Crippen LogP contribution in [0.2, 0.25) is 0 Å². The Morgan fingerprint density at radius 2 is 2.00 bits per heavy atom. The fourth-order valence-corrected chi connectivity index (χ4v) is 1.54. The largest absolute Gasteiger partial charge is 0.481 e. The first-order valence-corrected chi connectivity index (χ1v) is 6.66. The van der Waals surface area contributed by atoms with Gasteiger partial charge in [-0.2, -0.15) is 0 Å². The Hall–Kier alpha value is -0.650. The van der Waals surface area contributed by atoms with Gasteiger partial charge in [0.05, 0.1) is 6.61 Å². The molecule has 0 aliphatic carbocycles. The van der Waals surface area contributed by atoms with E-state index in [2.05, 4.69) is 12.2 Å². The van der Waals surface area contributed by atoms with Crippen molar-refractivity contribution in [1.29, 1.82) is 0 Å². The molecule has 5 nitrogen and oxygen atoms in total. The zero-order valence-electron chi connectivity index (χ0n) is 11.6. The van der Waals surface area contributed by atoms with Gasteiger partial charge >= 0.3 is 5.97 Å². The van der Waals surface area contributed by atoms with Crippen LogP contribution in [0.4, 0.5) is 0 Å². The van der Waals surface area contributed by atoms with E-state index in [9.17, 15) is 4.79 Å². The van der Waals surface area contributed by atoms with Gasteiger partial charge in [-0.25, -0.2) is 0 Å². The maximum Gasteiger partial charge on any atom is 0.303 e. The molecule has 0 aromatic rings. The maximum absolute atomic E-state index is 10.4. The minimum atomic E-state index is -0.709. The number of aliphatic carboxylic acids is 1. The SMILES string of the molecule is COCCCOCCNCCC(C)CCC(=O)O. The highest BCUT2D eigenvalue weighted by atomic mass is 16.5. The van der Waals surface area contributed by atoms with Crippen molar-refractivity contribution in [2.45, 2.75) is 32.6 Å². The van der Waals surface area contributed by atoms with E-state index in [1.54, 1.807) is 7.11 Å². The van der Waals surface area contributed by atoms with Gasteiger partial charge in [0.1, 0.15) is 0 Å². The van der Waals surface area contributed by atoms with Gasteiger partial charge in [-0.15, -0.1) is 0 Å². The third-order valence-corrected chi connectivity index (χ3v) is 2.73. The summed E-state index contributed by atoms with van der Waals surface area (Å²) in [5.74, 6) is -0.254. The molecule has 18 heavy (non-hydrogen) atoms. The first-order valence-electron chi connectivity index (χ1n) is 6.66. The summed E-state index contributed by atoms with van der Waals surface area (Å²) in [4.78, 5) is 10.4. The molecule has 0 saturated carbocycles. The lowest BCUT2D eigenvalue weighted by molar-refractivity contribution is -0.137. The number of carboxylic acid groups (broad SMARTS) is 1. The summed E-state index contributed by atoms with van der Waals surface area (Å²) in [5, 5.41) is 11.8. The quantitative estimate of drug-likeness (QED) is 0.492. The molecule has 0 fully saturated rings. The molecule has 2 N–H and O–H groups in total. The van der Waals surface area contributed by atoms with Crippen LogP contribution in [0, 0.1) is 5.92 Å². The third-order valence-electron chi connectivity index (χ3n) is 2.73. The molecule has 0 aliphatic rings. The van der Waals surface area contributed by atoms with Crippen molar-refractivity contribution >= 4 is 5.97 Å². The first-order chi connectivity index (χ1) is 8.66. The highest BCUT2D eigenvalue weighted by molar-refractivity contribution is 5.66. The fourth-order valence-electron chi connectivity index (χ4n) is 1.54. The smallest absolute Gasteiger partial charge is 0.303 e. The molecule has 0 rings (SSSR count). The summed E-state index contributed by atoms with van der Waals surface area (Å²) in [6.07, 6.45) is 2.97. The summed E-state index contributed by atoms with van der Waals surface area (Å²) in [7, 11) is 1.69. The van der Waals surface area contributed by atoms with Crippen LogP contribution < -0.4 is 5.32 Å². The van der Waals surface area contributed by atoms with Crippen molar-refractivity contribution in [3.63, 3.8) is 0 Å². The van der Waals surface area contributed by atoms with Crippen LogP contribution in [-0.2, 0) is 14.3 Å². The number of hydrogen-bond donors (Lipinski definition) is 2. The number of rotatable bonds is 13. The van der Waals surface area contributed by atoms with Gasteiger partial charge in [-0.3, -0.25) is 4.79 Å². The molecule has 0 aromatic heterocycles. The van der Waals surface area contributed by atoms with Gasteiger partial charge in [0.2, 0.25) is 0 Å². The molecule has 0 aromatic carbocycles. The monoisotopic (exact) mass is 261 g/mol. The van der Waals surface area contributed by atoms with Crippen LogP contribution in [0.3, 0.4) is 0 Å². The highest BCUT2D eigenvalue weighted by Gasteiger charge is 2.04. The molecule has 0 radical (unpaired) electrons. The Morgan fingerprint density at radius 3 is 2.67 bits per heavy atom. The Balaban J connectivity index is 3.12. The number of carbonyl (C=O) groups is 1. The van der Waals surface area contributed by atoms with E-state index in [0.29, 0.717) is 12.5 Å². The average molecular weight is 261 g/mol. The second kappa shape index (κ2) is 12.8. The highest BCUT2D eigenvalue weighted by Crippen LogP contribution is 2.08. The minimum absolute atomic E-state index is 0.268. The zero-order chi connectivity index (χ0) is 13.6. The van der Waals surface area contributed by atoms with Gasteiger partial charge < -0.3 is 19.9 Å². The van der Waals surface area contributed by atoms with E-state index < -0.39 is 5.97 Å². The third kappa shape index (κ3) is 13.4. The Bertz CT molecular complexity index is 199. The van der Waals surface area contributed by atoms with E-state index in [4.69, 9.17) is 14.6 Å². The molecule has 0 saturated heterocycles. The standard InChI is InChI=1S/C13H27NO4/c1-12(4-5-13(15)16)6-7-14-8-11-18-10-3-9-17-2/h12,14H,3-11H2,1-2H3,(H,15,16). The van der Waals surface area contributed by atoms with E-state index >= 15 is 0 Å². The summed E-state index contributed by atoms with van der Waals surface area (Å²) in [6, 6.07) is 0. The van der Waals surface area contributed by atoms with Crippen LogP contribution >= 0.6 is 0 Å². The molecule has 0 spiro atoms. The molecular formula is C13H27NO4. The second-order valence-corrected chi connectivity index (χ2v) is 4.53. The van der Waals surface area contributed by atoms with Gasteiger partial charge in [-0.1, -0.05) is 6.92 Å². The van der Waals surface area contributed by atoms with Crippen molar-refractivity contribution in [2.75, 3.05) is 40.0 Å². The summed E-state index contributed by atoms with van der Waals surface area (Å²) < 4.78 is 10.3. The first kappa shape index (κ1) is 17.4. The van der Waals surface area contributed by atoms with Crippen molar-refractivity contribution in [1.82, 2.24) is 5.32 Å². The normalized spacial score (nSPS) is 12.6. The van der Waals surface area contributed by atoms with Gasteiger partial charge in [-0.05, 0) is 31.7 Å². The lowest BCUT2D eigenvalue weighted by Crippen LogP contribution is -2.22. The predicted octanol–water partition coefficient (Wildman–Crippen LogP) is 1.52. The van der Waals surface area contributed by atoms with Crippen molar-refractivity contribution in [2.24, 2.45) is 5.92 Å². The molecule has 0 amide bonds. The molecule has 108 valence electrons. The number of carboxylic acids is 1. The number of nitrogens with one attached hydrogen (secondary N) is 1. The summed E-state index contributed by atoms with van der Waals surface area (Å²) in [5.41, 5.74) is 0. The lowest BCUT2D eigenvalue weighted by atomic mass is 10.0. The van der Waals surface area contributed by atoms with E-state index in [1.165, 1.54) is 0 Å². The zero-order valence-corrected chi connectivity index (χ0v) is 11.6. The van der Waals surface area contributed by atoms with Crippen molar-refractivity contribution in [3.05, 3.63) is 0 Å². The van der Waals surface area contributed by atoms with Gasteiger partial charge in [0.15, 0.2) is 0 Å². The average Bonchev–Trinajstić information content (AvgIpc) is 2.34. The Morgan fingerprint density at radius 1 is 1.22 bits per heavy atom. The predicted molar refractivity (Wildman–Crippen MR) is 70.8 cm³/mol. The van der Waals surface area contributed by atoms with Gasteiger partial charge in [0.25, 0.3) is 0 Å². The van der Waals surface area contributed by atoms with E-state index in [0.717, 1.165) is 45.6 Å². The van der Waals surface area contributed by atoms with Crippen LogP contribution in [0.5, 0.6) is 0 Å². The Labute approximate surface area is 110 Å². The summed E-state index contributed by atoms with van der Waals surface area (Å²) >= 11 is 0. The van der Waals surface area contributed by atoms with Crippen molar-refractivity contribution < 1.29 is 19.4 Å². The van der Waals surface area contributed by atoms with E-state index in [1.807, 2.05) is 0 Å².